The van der Waals surface area contributed by atoms with Crippen molar-refractivity contribution >= 4 is 16.7 Å². The lowest BCUT2D eigenvalue weighted by atomic mass is 10.0. The van der Waals surface area contributed by atoms with Gasteiger partial charge in [0, 0.05) is 30.9 Å². The van der Waals surface area contributed by atoms with Gasteiger partial charge in [0.1, 0.15) is 5.82 Å². The fraction of sp³-hybridized carbons (Fsp3) is 0.533. The second-order valence-corrected chi connectivity index (χ2v) is 6.23. The van der Waals surface area contributed by atoms with Gasteiger partial charge in [-0.2, -0.15) is 0 Å². The van der Waals surface area contributed by atoms with Gasteiger partial charge < -0.3 is 15.2 Å². The molecule has 1 aromatic heterocycles. The van der Waals surface area contributed by atoms with E-state index < -0.39 is 0 Å². The quantitative estimate of drug-likeness (QED) is 0.869. The summed E-state index contributed by atoms with van der Waals surface area (Å²) in [5.41, 5.74) is 3.65. The number of nitrogens with one attached hydrogen (secondary N) is 2. The van der Waals surface area contributed by atoms with Crippen LogP contribution in [0.15, 0.2) is 18.2 Å². The molecule has 2 N–H and O–H groups in total. The van der Waals surface area contributed by atoms with Crippen LogP contribution in [0.2, 0.25) is 0 Å². The van der Waals surface area contributed by atoms with Crippen molar-refractivity contribution in [2.45, 2.75) is 38.8 Å². The van der Waals surface area contributed by atoms with Crippen LogP contribution in [0.4, 0.5) is 5.69 Å². The molecule has 0 amide bonds. The van der Waals surface area contributed by atoms with Crippen LogP contribution in [0.5, 0.6) is 0 Å². The van der Waals surface area contributed by atoms with Gasteiger partial charge in [0.05, 0.1) is 11.0 Å². The van der Waals surface area contributed by atoms with Crippen LogP contribution in [0.1, 0.15) is 26.1 Å². The van der Waals surface area contributed by atoms with E-state index in [1.165, 1.54) is 5.52 Å². The zero-order valence-corrected chi connectivity index (χ0v) is 12.1. The van der Waals surface area contributed by atoms with Crippen molar-refractivity contribution < 1.29 is 0 Å². The fourth-order valence-corrected chi connectivity index (χ4v) is 2.91. The molecule has 0 spiro atoms. The highest BCUT2D eigenvalue weighted by atomic mass is 15.1. The minimum atomic E-state index is 0.239. The number of hydrogen-bond acceptors (Lipinski definition) is 3. The lowest BCUT2D eigenvalue weighted by Gasteiger charge is -2.18. The van der Waals surface area contributed by atoms with E-state index in [1.807, 2.05) is 6.92 Å². The lowest BCUT2D eigenvalue weighted by molar-refractivity contribution is 0.457. The molecule has 0 bridgehead atoms. The van der Waals surface area contributed by atoms with Crippen LogP contribution in [0.25, 0.3) is 11.0 Å². The normalized spacial score (nSPS) is 22.0. The molecule has 2 heterocycles. The second kappa shape index (κ2) is 4.23. The molecule has 19 heavy (non-hydrogen) atoms. The van der Waals surface area contributed by atoms with Gasteiger partial charge in [-0.25, -0.2) is 4.98 Å². The third kappa shape index (κ3) is 2.32. The maximum atomic E-state index is 4.58. The standard InChI is InChI=1S/C15H22N4/c1-10-17-13-7-11(5-6-14(13)19(10)4)18-12-8-15(2,3)16-9-12/h5-7,12,16,18H,8-9H2,1-4H3. The van der Waals surface area contributed by atoms with Crippen molar-refractivity contribution in [1.29, 1.82) is 0 Å². The van der Waals surface area contributed by atoms with Crippen LogP contribution < -0.4 is 10.6 Å². The van der Waals surface area contributed by atoms with Crippen molar-refractivity contribution in [3.8, 4) is 0 Å². The van der Waals surface area contributed by atoms with Crippen LogP contribution in [0, 0.1) is 6.92 Å². The van der Waals surface area contributed by atoms with Gasteiger partial charge >= 0.3 is 0 Å². The first kappa shape index (κ1) is 12.5. The zero-order valence-electron chi connectivity index (χ0n) is 12.1. The highest BCUT2D eigenvalue weighted by Crippen LogP contribution is 2.24. The molecule has 102 valence electrons. The Kier molecular flexibility index (Phi) is 2.78. The minimum absolute atomic E-state index is 0.239. The summed E-state index contributed by atoms with van der Waals surface area (Å²) in [6, 6.07) is 6.94. The number of fused-ring (bicyclic) bond motifs is 1. The predicted octanol–water partition coefficient (Wildman–Crippen LogP) is 2.43. The molecule has 3 rings (SSSR count). The van der Waals surface area contributed by atoms with Crippen molar-refractivity contribution in [3.63, 3.8) is 0 Å². The monoisotopic (exact) mass is 258 g/mol. The first-order chi connectivity index (χ1) is 8.94. The van der Waals surface area contributed by atoms with E-state index in [2.05, 4.69) is 59.3 Å². The third-order valence-corrected chi connectivity index (χ3v) is 4.06. The summed E-state index contributed by atoms with van der Waals surface area (Å²) in [7, 11) is 2.06. The van der Waals surface area contributed by atoms with Crippen LogP contribution in [0.3, 0.4) is 0 Å². The number of aromatic nitrogens is 2. The Balaban J connectivity index is 1.82. The summed E-state index contributed by atoms with van der Waals surface area (Å²) in [5.74, 6) is 1.05. The van der Waals surface area contributed by atoms with Gasteiger partial charge in [0.2, 0.25) is 0 Å². The van der Waals surface area contributed by atoms with Gasteiger partial charge in [0.15, 0.2) is 0 Å². The van der Waals surface area contributed by atoms with Crippen LogP contribution in [-0.2, 0) is 7.05 Å². The van der Waals surface area contributed by atoms with Crippen molar-refractivity contribution in [2.24, 2.45) is 7.05 Å². The number of anilines is 1. The summed E-state index contributed by atoms with van der Waals surface area (Å²) in [5, 5.41) is 7.14. The molecular formula is C15H22N4. The first-order valence-corrected chi connectivity index (χ1v) is 6.89. The number of hydrogen-bond donors (Lipinski definition) is 2. The Morgan fingerprint density at radius 1 is 1.42 bits per heavy atom. The molecule has 1 aliphatic heterocycles. The SMILES string of the molecule is Cc1nc2cc(NC3CNC(C)(C)C3)ccc2n1C. The molecule has 1 fully saturated rings. The van der Waals surface area contributed by atoms with E-state index in [4.69, 9.17) is 0 Å². The molecule has 2 aromatic rings. The van der Waals surface area contributed by atoms with E-state index in [9.17, 15) is 0 Å². The van der Waals surface area contributed by atoms with E-state index in [1.54, 1.807) is 0 Å². The molecule has 0 aliphatic carbocycles. The second-order valence-electron chi connectivity index (χ2n) is 6.23. The van der Waals surface area contributed by atoms with E-state index in [0.29, 0.717) is 6.04 Å². The van der Waals surface area contributed by atoms with E-state index in [0.717, 1.165) is 30.0 Å². The third-order valence-electron chi connectivity index (χ3n) is 4.06. The summed E-state index contributed by atoms with van der Waals surface area (Å²) >= 11 is 0. The van der Waals surface area contributed by atoms with Crippen LogP contribution in [-0.4, -0.2) is 27.7 Å². The van der Waals surface area contributed by atoms with Gasteiger partial charge in [-0.15, -0.1) is 0 Å². The fourth-order valence-electron chi connectivity index (χ4n) is 2.91. The Hall–Kier alpha value is -1.55. The Bertz CT molecular complexity index is 612. The summed E-state index contributed by atoms with van der Waals surface area (Å²) in [6.45, 7) is 7.56. The van der Waals surface area contributed by atoms with E-state index in [-0.39, 0.29) is 5.54 Å². The molecule has 1 aliphatic rings. The van der Waals surface area contributed by atoms with Gasteiger partial charge in [-0.05, 0) is 45.4 Å². The molecule has 1 aromatic carbocycles. The molecule has 0 saturated carbocycles. The van der Waals surface area contributed by atoms with Crippen molar-refractivity contribution in [3.05, 3.63) is 24.0 Å². The zero-order chi connectivity index (χ0) is 13.6. The largest absolute Gasteiger partial charge is 0.381 e. The molecular weight excluding hydrogens is 236 g/mol. The summed E-state index contributed by atoms with van der Waals surface area (Å²) < 4.78 is 2.12. The lowest BCUT2D eigenvalue weighted by Crippen LogP contribution is -2.31. The average molecular weight is 258 g/mol. The smallest absolute Gasteiger partial charge is 0.106 e. The van der Waals surface area contributed by atoms with Gasteiger partial charge in [-0.1, -0.05) is 0 Å². The molecule has 1 atom stereocenters. The maximum absolute atomic E-state index is 4.58. The first-order valence-electron chi connectivity index (χ1n) is 6.89. The summed E-state index contributed by atoms with van der Waals surface area (Å²) in [4.78, 5) is 4.58. The minimum Gasteiger partial charge on any atom is -0.381 e. The Labute approximate surface area is 114 Å². The molecule has 0 radical (unpaired) electrons. The van der Waals surface area contributed by atoms with Gasteiger partial charge in [0.25, 0.3) is 0 Å². The molecule has 1 saturated heterocycles. The topological polar surface area (TPSA) is 41.9 Å². The average Bonchev–Trinajstić information content (AvgIpc) is 2.80. The highest BCUT2D eigenvalue weighted by Gasteiger charge is 2.29. The number of benzene rings is 1. The molecule has 4 heteroatoms. The molecule has 1 unspecified atom stereocenters. The highest BCUT2D eigenvalue weighted by molar-refractivity contribution is 5.80. The van der Waals surface area contributed by atoms with E-state index >= 15 is 0 Å². The number of rotatable bonds is 2. The Morgan fingerprint density at radius 2 is 2.21 bits per heavy atom. The number of imidazole rings is 1. The number of aryl methyl sites for hydroxylation is 2. The number of nitrogens with zero attached hydrogens (tertiary/aromatic N) is 2. The predicted molar refractivity (Wildman–Crippen MR) is 79.6 cm³/mol. The van der Waals surface area contributed by atoms with Crippen molar-refractivity contribution in [1.82, 2.24) is 14.9 Å². The molecule has 4 nitrogen and oxygen atoms in total. The Morgan fingerprint density at radius 3 is 2.89 bits per heavy atom. The maximum Gasteiger partial charge on any atom is 0.106 e. The van der Waals surface area contributed by atoms with Crippen molar-refractivity contribution in [2.75, 3.05) is 11.9 Å². The summed E-state index contributed by atoms with van der Waals surface area (Å²) in [6.07, 6.45) is 1.15. The van der Waals surface area contributed by atoms with Crippen LogP contribution >= 0.6 is 0 Å². The van der Waals surface area contributed by atoms with Gasteiger partial charge in [-0.3, -0.25) is 0 Å².